The summed E-state index contributed by atoms with van der Waals surface area (Å²) in [6, 6.07) is 7.28. The summed E-state index contributed by atoms with van der Waals surface area (Å²) in [4.78, 5) is 67.2. The average molecular weight is 701 g/mol. The lowest BCUT2D eigenvalue weighted by Crippen LogP contribution is -2.21. The molecule has 0 aromatic carbocycles. The predicted octanol–water partition coefficient (Wildman–Crippen LogP) is 4.92. The highest BCUT2D eigenvalue weighted by molar-refractivity contribution is 5.92. The highest BCUT2D eigenvalue weighted by atomic mass is 16.5. The Kier molecular flexibility index (Phi) is 10.8. The molecule has 5 heterocycles. The second-order valence-electron chi connectivity index (χ2n) is 13.2. The van der Waals surface area contributed by atoms with E-state index in [1.807, 2.05) is 45.9 Å². The lowest BCUT2D eigenvalue weighted by molar-refractivity contribution is -0.141. The van der Waals surface area contributed by atoms with E-state index in [9.17, 15) is 24.3 Å². The van der Waals surface area contributed by atoms with Gasteiger partial charge in [0, 0.05) is 40.3 Å². The largest absolute Gasteiger partial charge is 0.469 e. The van der Waals surface area contributed by atoms with Gasteiger partial charge in [0.25, 0.3) is 0 Å². The number of ether oxygens (including phenoxy) is 4. The van der Waals surface area contributed by atoms with Gasteiger partial charge in [-0.05, 0) is 84.4 Å². The number of carbonyl (C=O) groups is 4. The first-order valence-corrected chi connectivity index (χ1v) is 16.6. The molecule has 1 atom stereocenters. The number of fused-ring (bicyclic) bond motifs is 8. The van der Waals surface area contributed by atoms with E-state index in [2.05, 4.69) is 9.97 Å². The number of hydrogen-bond donors (Lipinski definition) is 3. The lowest BCUT2D eigenvalue weighted by atomic mass is 9.84. The van der Waals surface area contributed by atoms with E-state index in [4.69, 9.17) is 28.9 Å². The molecule has 0 saturated carbocycles. The Hall–Kier alpha value is -5.30. The number of nitrogens with zero attached hydrogens (tertiary/aromatic N) is 2. The molecule has 270 valence electrons. The third-order valence-electron chi connectivity index (χ3n) is 9.86. The fraction of sp³-hybridized carbons (Fsp3) is 0.421. The summed E-state index contributed by atoms with van der Waals surface area (Å²) in [6.45, 7) is 7.68. The quantitative estimate of drug-likeness (QED) is 0.193. The van der Waals surface area contributed by atoms with Crippen LogP contribution in [0.1, 0.15) is 91.7 Å². The monoisotopic (exact) mass is 700 g/mol. The molecule has 8 bridgehead atoms. The zero-order valence-electron chi connectivity index (χ0n) is 30.2. The van der Waals surface area contributed by atoms with E-state index in [0.717, 1.165) is 11.1 Å². The van der Waals surface area contributed by atoms with Gasteiger partial charge in [0.15, 0.2) is 0 Å². The van der Waals surface area contributed by atoms with Crippen LogP contribution in [-0.2, 0) is 69.2 Å². The Bertz CT molecular complexity index is 2100. The van der Waals surface area contributed by atoms with Crippen LogP contribution in [0.25, 0.3) is 33.2 Å². The van der Waals surface area contributed by atoms with Crippen molar-refractivity contribution in [2.75, 3.05) is 28.4 Å². The molecule has 13 nitrogen and oxygen atoms in total. The highest BCUT2D eigenvalue weighted by Gasteiger charge is 2.38. The number of nitrogens with one attached hydrogen (secondary N) is 2. The molecule has 0 spiro atoms. The first kappa shape index (κ1) is 37.0. The number of aromatic nitrogens is 4. The molecule has 2 aliphatic heterocycles. The molecule has 3 aromatic rings. The van der Waals surface area contributed by atoms with Crippen molar-refractivity contribution in [1.29, 1.82) is 0 Å². The van der Waals surface area contributed by atoms with Crippen LogP contribution in [0.3, 0.4) is 0 Å². The van der Waals surface area contributed by atoms with E-state index in [1.165, 1.54) is 28.4 Å². The summed E-state index contributed by atoms with van der Waals surface area (Å²) in [5, 5.41) is 11.5. The fourth-order valence-corrected chi connectivity index (χ4v) is 6.51. The van der Waals surface area contributed by atoms with Gasteiger partial charge in [0.2, 0.25) is 0 Å². The van der Waals surface area contributed by atoms with Crippen LogP contribution in [0.2, 0.25) is 0 Å². The van der Waals surface area contributed by atoms with Crippen molar-refractivity contribution in [3.8, 4) is 0 Å². The fourth-order valence-electron chi connectivity index (χ4n) is 6.51. The normalized spacial score (nSPS) is 15.0. The zero-order chi connectivity index (χ0) is 37.2. The molecule has 0 aliphatic carbocycles. The zero-order valence-corrected chi connectivity index (χ0v) is 30.2. The van der Waals surface area contributed by atoms with E-state index >= 15 is 0 Å². The Morgan fingerprint density at radius 1 is 0.647 bits per heavy atom. The van der Waals surface area contributed by atoms with Gasteiger partial charge < -0.3 is 34.0 Å². The Morgan fingerprint density at radius 3 is 1.55 bits per heavy atom. The van der Waals surface area contributed by atoms with Crippen molar-refractivity contribution in [2.45, 2.75) is 77.7 Å². The minimum absolute atomic E-state index is 0.0246. The third kappa shape index (κ3) is 7.43. The molecule has 3 aromatic heterocycles. The summed E-state index contributed by atoms with van der Waals surface area (Å²) < 4.78 is 20.0. The smallest absolute Gasteiger partial charge is 0.310 e. The Balaban J connectivity index is 2.00. The van der Waals surface area contributed by atoms with Gasteiger partial charge in [-0.1, -0.05) is 13.8 Å². The number of rotatable bonds is 10. The van der Waals surface area contributed by atoms with Crippen LogP contribution in [0.4, 0.5) is 0 Å². The van der Waals surface area contributed by atoms with E-state index in [0.29, 0.717) is 67.1 Å². The first-order valence-electron chi connectivity index (χ1n) is 16.6. The molecule has 3 N–H and O–H groups in total. The van der Waals surface area contributed by atoms with E-state index < -0.39 is 35.4 Å². The van der Waals surface area contributed by atoms with E-state index in [1.54, 1.807) is 6.07 Å². The van der Waals surface area contributed by atoms with Crippen molar-refractivity contribution < 1.29 is 43.2 Å². The number of carbonyl (C=O) groups excluding carboxylic acids is 4. The molecule has 0 fully saturated rings. The maximum absolute atomic E-state index is 12.8. The molecule has 1 unspecified atom stereocenters. The van der Waals surface area contributed by atoms with E-state index in [-0.39, 0.29) is 38.5 Å². The van der Waals surface area contributed by atoms with Crippen LogP contribution < -0.4 is 0 Å². The molecule has 13 heteroatoms. The minimum Gasteiger partial charge on any atom is -0.469 e. The number of hydrogen-bond acceptors (Lipinski definition) is 11. The average Bonchev–Trinajstić information content (AvgIpc) is 3.75. The Morgan fingerprint density at radius 2 is 1.08 bits per heavy atom. The minimum atomic E-state index is -0.957. The van der Waals surface area contributed by atoms with Crippen LogP contribution in [0.5, 0.6) is 0 Å². The second kappa shape index (κ2) is 14.9. The molecule has 2 aliphatic rings. The lowest BCUT2D eigenvalue weighted by Gasteiger charge is -2.22. The summed E-state index contributed by atoms with van der Waals surface area (Å²) in [5.74, 6) is -1.82. The number of allylic oxidation sites excluding steroid dienone is 2. The number of methoxy groups -OCH3 is 4. The van der Waals surface area contributed by atoms with Crippen LogP contribution in [-0.4, -0.2) is 77.4 Å². The molecule has 5 rings (SSSR count). The van der Waals surface area contributed by atoms with Gasteiger partial charge in [0.05, 0.1) is 64.1 Å². The predicted molar refractivity (Wildman–Crippen MR) is 189 cm³/mol. The molecule has 51 heavy (non-hydrogen) atoms. The third-order valence-corrected chi connectivity index (χ3v) is 9.86. The summed E-state index contributed by atoms with van der Waals surface area (Å²) in [7, 11) is 5.24. The van der Waals surface area contributed by atoms with Crippen molar-refractivity contribution in [3.63, 3.8) is 0 Å². The maximum Gasteiger partial charge on any atom is 0.310 e. The number of H-pyrrole nitrogens is 2. The second-order valence-corrected chi connectivity index (χ2v) is 13.2. The molecule has 0 radical (unpaired) electrons. The van der Waals surface area contributed by atoms with Gasteiger partial charge in [0.1, 0.15) is 6.10 Å². The van der Waals surface area contributed by atoms with Gasteiger partial charge in [-0.3, -0.25) is 24.2 Å². The van der Waals surface area contributed by atoms with Crippen molar-refractivity contribution in [1.82, 2.24) is 19.9 Å². The van der Waals surface area contributed by atoms with Crippen molar-refractivity contribution >= 4 is 57.1 Å². The molecular formula is C38H44N4O9. The van der Waals surface area contributed by atoms with Crippen LogP contribution in [0.15, 0.2) is 24.3 Å². The number of aryl methyl sites for hydroxylation is 2. The van der Waals surface area contributed by atoms with Crippen LogP contribution >= 0.6 is 0 Å². The summed E-state index contributed by atoms with van der Waals surface area (Å²) >= 11 is 0. The first-order chi connectivity index (χ1) is 24.2. The van der Waals surface area contributed by atoms with Crippen molar-refractivity contribution in [3.05, 3.63) is 69.3 Å². The number of aliphatic hydroxyl groups is 1. The van der Waals surface area contributed by atoms with Gasteiger partial charge in [-0.15, -0.1) is 0 Å². The van der Waals surface area contributed by atoms with Gasteiger partial charge in [-0.25, -0.2) is 4.98 Å². The SMILES string of the molecule is COC(=O)CCc1c(CC(=O)OC)c2cc3nc(cc4nc(cc5[nH]c(cc1[nH]2)c(CCC(=O)OC)c5CC(=O)OC)C(C)(C)C4O)C(C)=C3C. The standard InChI is InChI=1S/C38H44N4O9/c1-19-20(2)26-16-31-37(47)38(3,4)32(42-31)18-30-24(14-36(46)51-8)22(10-12-34(44)49-6)28(41-30)17-27-21(9-11-33(43)48-5)23(13-35(45)50-7)29(40-27)15-25(19)39-26/h15-18,37,40-41,47H,9-14H2,1-8H3. The van der Waals surface area contributed by atoms with Crippen LogP contribution in [0, 0.1) is 0 Å². The summed E-state index contributed by atoms with van der Waals surface area (Å²) in [5.41, 5.74) is 8.12. The molecular weight excluding hydrogens is 656 g/mol. The highest BCUT2D eigenvalue weighted by Crippen LogP contribution is 2.41. The molecule has 0 saturated heterocycles. The van der Waals surface area contributed by atoms with Gasteiger partial charge in [-0.2, -0.15) is 0 Å². The number of esters is 4. The van der Waals surface area contributed by atoms with Gasteiger partial charge >= 0.3 is 23.9 Å². The summed E-state index contributed by atoms with van der Waals surface area (Å²) in [6.07, 6.45) is -0.663. The Labute approximate surface area is 295 Å². The topological polar surface area (TPSA) is 183 Å². The van der Waals surface area contributed by atoms with Crippen molar-refractivity contribution in [2.24, 2.45) is 0 Å². The molecule has 0 amide bonds. The number of aliphatic hydroxyl groups excluding tert-OH is 1. The number of aromatic amines is 2. The maximum atomic E-state index is 12.8.